The zero-order chi connectivity index (χ0) is 9.19. The summed E-state index contributed by atoms with van der Waals surface area (Å²) in [5, 5.41) is 0. The van der Waals surface area contributed by atoms with E-state index in [4.69, 9.17) is 11.8 Å². The third kappa shape index (κ3) is 13.0. The Balaban J connectivity index is -0.0000000600. The maximum atomic E-state index is 11.1. The first-order chi connectivity index (χ1) is 5.56. The maximum absolute atomic E-state index is 11.1. The van der Waals surface area contributed by atoms with Gasteiger partial charge in [-0.25, -0.2) is 8.42 Å². The fraction of sp³-hybridized carbons (Fsp3) is 0.143. The van der Waals surface area contributed by atoms with Crippen LogP contribution in [0.25, 0.3) is 0 Å². The summed E-state index contributed by atoms with van der Waals surface area (Å²) in [6.45, 7) is 1.88. The van der Waals surface area contributed by atoms with Crippen LogP contribution in [0.1, 0.15) is 5.56 Å². The molecule has 0 radical (unpaired) electrons. The van der Waals surface area contributed by atoms with Crippen LogP contribution in [-0.4, -0.2) is 8.42 Å². The Morgan fingerprint density at radius 2 is 1.28 bits per heavy atom. The zero-order valence-corrected chi connectivity index (χ0v) is 20.4. The molecule has 0 bridgehead atoms. The van der Waals surface area contributed by atoms with Gasteiger partial charge in [-0.1, -0.05) is 17.7 Å². The van der Waals surface area contributed by atoms with Crippen LogP contribution in [0, 0.1) is 6.92 Å². The molecule has 0 heterocycles. The molecule has 11 heteroatoms. The number of benzene rings is 1. The Bertz CT molecular complexity index is 377. The van der Waals surface area contributed by atoms with E-state index in [1.807, 2.05) is 6.92 Å². The Morgan fingerprint density at radius 1 is 0.944 bits per heavy atom. The molecule has 0 aliphatic carbocycles. The number of aryl methyl sites for hydroxylation is 1. The average Bonchev–Trinajstić information content (AvgIpc) is 2.05. The van der Waals surface area contributed by atoms with Crippen LogP contribution in [0.5, 0.6) is 0 Å². The third-order valence-corrected chi connectivity index (χ3v) is 3.14. The van der Waals surface area contributed by atoms with Crippen molar-refractivity contribution in [1.82, 2.24) is 4.24 Å². The summed E-state index contributed by atoms with van der Waals surface area (Å²) < 4.78 is 23.9. The van der Waals surface area contributed by atoms with Crippen molar-refractivity contribution in [1.29, 1.82) is 0 Å². The molecular weight excluding hydrogens is 373 g/mol. The van der Waals surface area contributed by atoms with E-state index in [1.165, 1.54) is 12.1 Å². The summed E-state index contributed by atoms with van der Waals surface area (Å²) >= 11 is 5.03. The van der Waals surface area contributed by atoms with Crippen molar-refractivity contribution in [3.63, 3.8) is 0 Å². The van der Waals surface area contributed by atoms with Gasteiger partial charge in [-0.2, -0.15) is 0 Å². The van der Waals surface area contributed by atoms with Gasteiger partial charge in [-0.3, -0.25) is 0 Å². The maximum Gasteiger partial charge on any atom is 1.00 e. The first kappa shape index (κ1) is 37.5. The van der Waals surface area contributed by atoms with Crippen LogP contribution >= 0.6 is 11.8 Å². The first-order valence-corrected chi connectivity index (χ1v) is 5.11. The molecule has 0 unspecified atom stereocenters. The molecule has 18 heavy (non-hydrogen) atoms. The second kappa shape index (κ2) is 18.3. The molecule has 0 amide bonds. The van der Waals surface area contributed by atoms with Crippen LogP contribution in [0.3, 0.4) is 0 Å². The van der Waals surface area contributed by atoms with E-state index in [2.05, 4.69) is 0 Å². The molecule has 0 aromatic heterocycles. The number of nitrogens with one attached hydrogen (secondary N) is 1. The van der Waals surface area contributed by atoms with Crippen molar-refractivity contribution < 1.29 is 134 Å². The molecule has 0 aliphatic heterocycles. The Labute approximate surface area is 198 Å². The summed E-state index contributed by atoms with van der Waals surface area (Å²) in [6, 6.07) is 6.42. The quantitative estimate of drug-likeness (QED) is 0.409. The van der Waals surface area contributed by atoms with Gasteiger partial charge < -0.3 is 37.2 Å². The van der Waals surface area contributed by atoms with E-state index in [0.717, 1.165) is 5.56 Å². The van der Waals surface area contributed by atoms with Crippen LogP contribution < -0.4 is 130 Å². The standard InChI is InChI=1S/C7H8ClNO2S.3ClH.3Na/c1-6-2-4-7(5-3-6)12(10,11)9-8;;;;;;/h2-5,9H,1H3;3*1H;;;/q;;;;3*+1/p-3. The number of rotatable bonds is 2. The van der Waals surface area contributed by atoms with Crippen molar-refractivity contribution in [2.24, 2.45) is 0 Å². The van der Waals surface area contributed by atoms with Gasteiger partial charge in [-0.15, -0.1) is 4.24 Å². The summed E-state index contributed by atoms with van der Waals surface area (Å²) in [4.78, 5) is 0.170. The monoisotopic (exact) mass is 379 g/mol. The molecule has 0 spiro atoms. The van der Waals surface area contributed by atoms with Gasteiger partial charge in [0, 0.05) is 0 Å². The van der Waals surface area contributed by atoms with E-state index < -0.39 is 10.0 Å². The molecule has 1 rings (SSSR count). The van der Waals surface area contributed by atoms with Crippen molar-refractivity contribution in [2.75, 3.05) is 0 Å². The van der Waals surface area contributed by atoms with Crippen LogP contribution in [0.15, 0.2) is 29.2 Å². The molecule has 0 saturated carbocycles. The van der Waals surface area contributed by atoms with Gasteiger partial charge in [0.25, 0.3) is 10.0 Å². The second-order valence-corrected chi connectivity index (χ2v) is 4.49. The predicted octanol–water partition coefficient (Wildman–Crippen LogP) is -16.5. The summed E-state index contributed by atoms with van der Waals surface area (Å²) in [7, 11) is -3.50. The minimum Gasteiger partial charge on any atom is -1.00 e. The zero-order valence-electron chi connectivity index (χ0n) is 10.5. The summed E-state index contributed by atoms with van der Waals surface area (Å²) in [5.74, 6) is 0. The van der Waals surface area contributed by atoms with E-state index in [1.54, 1.807) is 16.4 Å². The summed E-state index contributed by atoms with van der Waals surface area (Å²) in [6.07, 6.45) is 0. The SMILES string of the molecule is Cc1ccc(S(=O)(=O)NCl)cc1.[Cl-].[Cl-].[Cl-].[Na+].[Na+].[Na+]. The van der Waals surface area contributed by atoms with E-state index in [0.29, 0.717) is 0 Å². The molecule has 3 nitrogen and oxygen atoms in total. The number of hydrogen-bond acceptors (Lipinski definition) is 2. The second-order valence-electron chi connectivity index (χ2n) is 2.39. The molecule has 1 aromatic rings. The minimum absolute atomic E-state index is 0. The smallest absolute Gasteiger partial charge is 1.00 e. The van der Waals surface area contributed by atoms with E-state index in [9.17, 15) is 8.42 Å². The van der Waals surface area contributed by atoms with Gasteiger partial charge in [-0.05, 0) is 30.8 Å². The Morgan fingerprint density at radius 3 is 1.56 bits per heavy atom. The Kier molecular flexibility index (Phi) is 38.2. The molecule has 0 saturated heterocycles. The normalized spacial score (nSPS) is 7.67. The first-order valence-electron chi connectivity index (χ1n) is 3.25. The van der Waals surface area contributed by atoms with Crippen molar-refractivity contribution >= 4 is 21.8 Å². The third-order valence-electron chi connectivity index (χ3n) is 1.43. The van der Waals surface area contributed by atoms with Gasteiger partial charge in [0.1, 0.15) is 0 Å². The van der Waals surface area contributed by atoms with Crippen molar-refractivity contribution in [2.45, 2.75) is 11.8 Å². The number of hydrogen-bond donors (Lipinski definition) is 1. The number of sulfonamides is 1. The Hall–Kier alpha value is 3.29. The predicted molar refractivity (Wildman–Crippen MR) is 47.4 cm³/mol. The summed E-state index contributed by atoms with van der Waals surface area (Å²) in [5.41, 5.74) is 1.00. The largest absolute Gasteiger partial charge is 1.00 e. The molecule has 1 aromatic carbocycles. The number of halogens is 4. The molecule has 0 fully saturated rings. The minimum atomic E-state index is -3.50. The van der Waals surface area contributed by atoms with Crippen molar-refractivity contribution in [3.8, 4) is 0 Å². The van der Waals surface area contributed by atoms with Gasteiger partial charge >= 0.3 is 88.7 Å². The molecule has 90 valence electrons. The van der Waals surface area contributed by atoms with Crippen molar-refractivity contribution in [3.05, 3.63) is 29.8 Å². The van der Waals surface area contributed by atoms with Crippen LogP contribution in [-0.2, 0) is 10.0 Å². The molecule has 1 N–H and O–H groups in total. The average molecular weight is 381 g/mol. The van der Waals surface area contributed by atoms with Gasteiger partial charge in [0.05, 0.1) is 4.90 Å². The fourth-order valence-corrected chi connectivity index (χ4v) is 1.61. The fourth-order valence-electron chi connectivity index (χ4n) is 0.762. The molecule has 0 aliphatic rings. The van der Waals surface area contributed by atoms with Gasteiger partial charge in [0.15, 0.2) is 0 Å². The van der Waals surface area contributed by atoms with Gasteiger partial charge in [0.2, 0.25) is 0 Å². The topological polar surface area (TPSA) is 46.2 Å². The van der Waals surface area contributed by atoms with E-state index >= 15 is 0 Å². The van der Waals surface area contributed by atoms with E-state index in [-0.39, 0.29) is 131 Å². The van der Waals surface area contributed by atoms with Crippen LogP contribution in [0.2, 0.25) is 0 Å². The van der Waals surface area contributed by atoms with Crippen LogP contribution in [0.4, 0.5) is 0 Å². The molecular formula is C7H8Cl4NNa3O2S. The molecule has 0 atom stereocenters.